The van der Waals surface area contributed by atoms with E-state index < -0.39 is 0 Å². The van der Waals surface area contributed by atoms with Crippen molar-refractivity contribution in [3.8, 4) is 5.82 Å². The van der Waals surface area contributed by atoms with E-state index in [-0.39, 0.29) is 12.2 Å². The molecule has 9 heteroatoms. The number of fused-ring (bicyclic) bond motifs is 1. The van der Waals surface area contributed by atoms with Crippen LogP contribution in [0.4, 0.5) is 11.5 Å². The fourth-order valence-electron chi connectivity index (χ4n) is 4.02. The Balaban J connectivity index is 1.55. The Morgan fingerprint density at radius 2 is 1.69 bits per heavy atom. The minimum absolute atomic E-state index is 0.235. The lowest BCUT2D eigenvalue weighted by Gasteiger charge is -2.36. The van der Waals surface area contributed by atoms with Crippen LogP contribution in [-0.2, 0) is 0 Å². The van der Waals surface area contributed by atoms with Gasteiger partial charge in [-0.15, -0.1) is 0 Å². The van der Waals surface area contributed by atoms with Gasteiger partial charge >= 0.3 is 0 Å². The highest BCUT2D eigenvalue weighted by Gasteiger charge is 2.26. The van der Waals surface area contributed by atoms with E-state index in [0.29, 0.717) is 29.8 Å². The van der Waals surface area contributed by atoms with Gasteiger partial charge in [-0.1, -0.05) is 11.6 Å². The molecule has 0 atom stereocenters. The molecular weight excluding hydrogens is 392 g/mol. The number of aliphatic hydroxyl groups is 2. The van der Waals surface area contributed by atoms with Crippen LogP contribution >= 0.6 is 11.6 Å². The number of aromatic nitrogens is 4. The van der Waals surface area contributed by atoms with Crippen LogP contribution in [0.5, 0.6) is 0 Å². The molecular formula is C20H23ClN6O2. The number of halogens is 1. The summed E-state index contributed by atoms with van der Waals surface area (Å²) in [7, 11) is 0. The second-order valence-corrected chi connectivity index (χ2v) is 8.23. The molecule has 2 aromatic heterocycles. The summed E-state index contributed by atoms with van der Waals surface area (Å²) in [6.45, 7) is 4.56. The standard InChI is InChI=1S/C20H23ClN6O2/c1-12-23-19(26-10-15(29)11-26)8-20(24-12)27-17-7-18(16(21)6-13(17)9-22-27)25-4-2-14(28)3-5-25/h6-9,14-15,28-29H,2-5,10-11H2,1H3. The third-order valence-electron chi connectivity index (χ3n) is 5.66. The Bertz CT molecular complexity index is 1060. The summed E-state index contributed by atoms with van der Waals surface area (Å²) in [6, 6.07) is 5.88. The third kappa shape index (κ3) is 3.41. The van der Waals surface area contributed by atoms with Gasteiger partial charge in [0.25, 0.3) is 0 Å². The minimum atomic E-state index is -0.299. The van der Waals surface area contributed by atoms with Gasteiger partial charge in [0.1, 0.15) is 11.6 Å². The summed E-state index contributed by atoms with van der Waals surface area (Å²) in [5.41, 5.74) is 1.87. The van der Waals surface area contributed by atoms with Crippen LogP contribution in [-0.4, -0.2) is 68.3 Å². The first-order valence-electron chi connectivity index (χ1n) is 9.87. The number of anilines is 2. The fraction of sp³-hybridized carbons (Fsp3) is 0.450. The average Bonchev–Trinajstić information content (AvgIpc) is 3.08. The predicted molar refractivity (Wildman–Crippen MR) is 112 cm³/mol. The molecule has 0 amide bonds. The second kappa shape index (κ2) is 7.12. The Kier molecular flexibility index (Phi) is 4.57. The summed E-state index contributed by atoms with van der Waals surface area (Å²) in [6.07, 6.45) is 2.73. The fourth-order valence-corrected chi connectivity index (χ4v) is 4.31. The van der Waals surface area contributed by atoms with Gasteiger partial charge in [-0.05, 0) is 31.9 Å². The van der Waals surface area contributed by atoms with E-state index in [9.17, 15) is 10.2 Å². The van der Waals surface area contributed by atoms with E-state index in [0.717, 1.165) is 48.3 Å². The highest BCUT2D eigenvalue weighted by molar-refractivity contribution is 6.34. The maximum Gasteiger partial charge on any atom is 0.159 e. The first-order valence-corrected chi connectivity index (χ1v) is 10.2. The number of hydrogen-bond acceptors (Lipinski definition) is 7. The van der Waals surface area contributed by atoms with Crippen molar-refractivity contribution in [1.29, 1.82) is 0 Å². The molecule has 2 aliphatic rings. The summed E-state index contributed by atoms with van der Waals surface area (Å²) in [5, 5.41) is 25.6. The molecule has 0 spiro atoms. The largest absolute Gasteiger partial charge is 0.393 e. The number of β-amino-alcohol motifs (C(OH)–C–C–N with tert-alkyl or cyclic N) is 1. The SMILES string of the molecule is Cc1nc(N2CC(O)C2)cc(-n2ncc3cc(Cl)c(N4CCC(O)CC4)cc32)n1. The van der Waals surface area contributed by atoms with Crippen molar-refractivity contribution in [2.24, 2.45) is 0 Å². The smallest absolute Gasteiger partial charge is 0.159 e. The lowest BCUT2D eigenvalue weighted by molar-refractivity contribution is 0.141. The van der Waals surface area contributed by atoms with E-state index in [4.69, 9.17) is 11.6 Å². The maximum atomic E-state index is 9.81. The third-order valence-corrected chi connectivity index (χ3v) is 5.96. The van der Waals surface area contributed by atoms with Crippen molar-refractivity contribution in [2.45, 2.75) is 32.0 Å². The summed E-state index contributed by atoms with van der Waals surface area (Å²) < 4.78 is 1.81. The quantitative estimate of drug-likeness (QED) is 0.676. The molecule has 0 aliphatic carbocycles. The van der Waals surface area contributed by atoms with Gasteiger partial charge in [0.05, 0.1) is 34.6 Å². The number of aryl methyl sites for hydroxylation is 1. The van der Waals surface area contributed by atoms with Gasteiger partial charge in [0, 0.05) is 37.6 Å². The Morgan fingerprint density at radius 3 is 2.41 bits per heavy atom. The lowest BCUT2D eigenvalue weighted by Crippen LogP contribution is -2.51. The van der Waals surface area contributed by atoms with Crippen molar-refractivity contribution in [3.63, 3.8) is 0 Å². The molecule has 0 radical (unpaired) electrons. The first kappa shape index (κ1) is 18.6. The van der Waals surface area contributed by atoms with E-state index in [1.165, 1.54) is 0 Å². The highest BCUT2D eigenvalue weighted by atomic mass is 35.5. The van der Waals surface area contributed by atoms with Gasteiger partial charge in [-0.25, -0.2) is 14.6 Å². The van der Waals surface area contributed by atoms with Gasteiger partial charge < -0.3 is 20.0 Å². The molecule has 2 fully saturated rings. The van der Waals surface area contributed by atoms with Crippen LogP contribution in [0.2, 0.25) is 5.02 Å². The molecule has 8 nitrogen and oxygen atoms in total. The number of piperidine rings is 1. The molecule has 0 bridgehead atoms. The minimum Gasteiger partial charge on any atom is -0.393 e. The highest BCUT2D eigenvalue weighted by Crippen LogP contribution is 2.34. The topological polar surface area (TPSA) is 90.5 Å². The predicted octanol–water partition coefficient (Wildman–Crippen LogP) is 1.92. The summed E-state index contributed by atoms with van der Waals surface area (Å²) in [4.78, 5) is 13.3. The lowest BCUT2D eigenvalue weighted by atomic mass is 10.1. The van der Waals surface area contributed by atoms with Crippen LogP contribution < -0.4 is 9.80 Å². The van der Waals surface area contributed by atoms with E-state index >= 15 is 0 Å². The van der Waals surface area contributed by atoms with Crippen molar-refractivity contribution in [2.75, 3.05) is 36.0 Å². The summed E-state index contributed by atoms with van der Waals surface area (Å²) >= 11 is 6.56. The van der Waals surface area contributed by atoms with E-state index in [1.54, 1.807) is 6.20 Å². The molecule has 4 heterocycles. The zero-order valence-corrected chi connectivity index (χ0v) is 16.9. The zero-order valence-electron chi connectivity index (χ0n) is 16.2. The summed E-state index contributed by atoms with van der Waals surface area (Å²) in [5.74, 6) is 2.13. The molecule has 5 rings (SSSR count). The molecule has 29 heavy (non-hydrogen) atoms. The maximum absolute atomic E-state index is 9.81. The molecule has 0 saturated carbocycles. The number of aliphatic hydroxyl groups excluding tert-OH is 2. The molecule has 152 valence electrons. The molecule has 2 N–H and O–H groups in total. The van der Waals surface area contributed by atoms with Gasteiger partial charge in [-0.2, -0.15) is 5.10 Å². The number of benzene rings is 1. The average molecular weight is 415 g/mol. The number of hydrogen-bond donors (Lipinski definition) is 2. The van der Waals surface area contributed by atoms with Crippen molar-refractivity contribution < 1.29 is 10.2 Å². The normalized spacial score (nSPS) is 18.5. The molecule has 0 unspecified atom stereocenters. The number of nitrogens with zero attached hydrogens (tertiary/aromatic N) is 6. The van der Waals surface area contributed by atoms with Crippen molar-refractivity contribution >= 4 is 34.0 Å². The monoisotopic (exact) mass is 414 g/mol. The first-order chi connectivity index (χ1) is 14.0. The van der Waals surface area contributed by atoms with E-state index in [1.807, 2.05) is 34.7 Å². The van der Waals surface area contributed by atoms with Crippen LogP contribution in [0.15, 0.2) is 24.4 Å². The second-order valence-electron chi connectivity index (χ2n) is 7.83. The van der Waals surface area contributed by atoms with E-state index in [2.05, 4.69) is 20.0 Å². The van der Waals surface area contributed by atoms with Crippen molar-refractivity contribution in [1.82, 2.24) is 19.7 Å². The van der Waals surface area contributed by atoms with Crippen LogP contribution in [0.3, 0.4) is 0 Å². The van der Waals surface area contributed by atoms with Crippen molar-refractivity contribution in [3.05, 3.63) is 35.2 Å². The Hall–Kier alpha value is -2.42. The molecule has 3 aromatic rings. The van der Waals surface area contributed by atoms with Gasteiger partial charge in [0.2, 0.25) is 0 Å². The Morgan fingerprint density at radius 1 is 0.966 bits per heavy atom. The molecule has 2 aliphatic heterocycles. The van der Waals surface area contributed by atoms with Crippen LogP contribution in [0, 0.1) is 6.92 Å². The molecule has 1 aromatic carbocycles. The number of rotatable bonds is 3. The zero-order chi connectivity index (χ0) is 20.1. The van der Waals surface area contributed by atoms with Gasteiger partial charge in [0.15, 0.2) is 5.82 Å². The Labute approximate surface area is 173 Å². The van der Waals surface area contributed by atoms with Crippen LogP contribution in [0.1, 0.15) is 18.7 Å². The van der Waals surface area contributed by atoms with Crippen LogP contribution in [0.25, 0.3) is 16.7 Å². The molecule has 2 saturated heterocycles. The van der Waals surface area contributed by atoms with Gasteiger partial charge in [-0.3, -0.25) is 0 Å².